The Labute approximate surface area is 70.4 Å². The van der Waals surface area contributed by atoms with E-state index in [1.165, 1.54) is 0 Å². The second-order valence-corrected chi connectivity index (χ2v) is 3.42. The van der Waals surface area contributed by atoms with E-state index < -0.39 is 6.04 Å². The number of fused-ring (bicyclic) bond motifs is 2. The van der Waals surface area contributed by atoms with E-state index in [1.807, 2.05) is 12.2 Å². The lowest BCUT2D eigenvalue weighted by Gasteiger charge is -2.19. The van der Waals surface area contributed by atoms with Gasteiger partial charge >= 0.3 is 0 Å². The fourth-order valence-corrected chi connectivity index (χ4v) is 2.34. The minimum atomic E-state index is -0.509. The van der Waals surface area contributed by atoms with Crippen LogP contribution in [-0.2, 0) is 4.74 Å². The van der Waals surface area contributed by atoms with Gasteiger partial charge in [-0.2, -0.15) is 0 Å². The third kappa shape index (κ3) is 0.876. The van der Waals surface area contributed by atoms with Crippen molar-refractivity contribution in [3.05, 3.63) is 22.3 Å². The highest BCUT2D eigenvalue weighted by Crippen LogP contribution is 2.41. The molecule has 0 aromatic carbocycles. The summed E-state index contributed by atoms with van der Waals surface area (Å²) < 4.78 is 5.13. The molecule has 2 aliphatic rings. The van der Waals surface area contributed by atoms with E-state index in [4.69, 9.17) is 4.74 Å². The topological polar surface area (TPSA) is 52.4 Å². The molecule has 4 nitrogen and oxygen atoms in total. The summed E-state index contributed by atoms with van der Waals surface area (Å²) in [6.45, 7) is 0. The van der Waals surface area contributed by atoms with E-state index in [0.717, 1.165) is 6.42 Å². The molecular weight excluding hydrogens is 158 g/mol. The third-order valence-corrected chi connectivity index (χ3v) is 2.86. The lowest BCUT2D eigenvalue weighted by Crippen LogP contribution is -2.38. The summed E-state index contributed by atoms with van der Waals surface area (Å²) >= 11 is 0. The van der Waals surface area contributed by atoms with Gasteiger partial charge in [-0.05, 0) is 6.42 Å². The first kappa shape index (κ1) is 7.73. The van der Waals surface area contributed by atoms with Gasteiger partial charge in [0.1, 0.15) is 6.10 Å². The van der Waals surface area contributed by atoms with Crippen LogP contribution in [0.25, 0.3) is 0 Å². The van der Waals surface area contributed by atoms with Crippen LogP contribution in [-0.4, -0.2) is 24.2 Å². The standard InChI is InChI=1S/C8H11NO3/c1-12-8-6-3-2-5(4-6)7(8)9(10)11/h2-3,5-8H,4H2,1H3/t5-,6+,7-,8-/m0/s1. The molecule has 0 aromatic heterocycles. The second-order valence-electron chi connectivity index (χ2n) is 3.42. The van der Waals surface area contributed by atoms with Crippen molar-refractivity contribution in [2.45, 2.75) is 18.6 Å². The lowest BCUT2D eigenvalue weighted by atomic mass is 9.99. The molecule has 0 unspecified atom stereocenters. The van der Waals surface area contributed by atoms with Gasteiger partial charge < -0.3 is 4.74 Å². The second kappa shape index (κ2) is 2.55. The zero-order chi connectivity index (χ0) is 8.72. The molecule has 0 heterocycles. The minimum Gasteiger partial charge on any atom is -0.374 e. The van der Waals surface area contributed by atoms with Crippen molar-refractivity contribution in [2.75, 3.05) is 7.11 Å². The first-order chi connectivity index (χ1) is 5.74. The fraction of sp³-hybridized carbons (Fsp3) is 0.750. The molecule has 0 radical (unpaired) electrons. The van der Waals surface area contributed by atoms with Gasteiger partial charge in [-0.15, -0.1) is 0 Å². The molecule has 2 bridgehead atoms. The number of nitro groups is 1. The lowest BCUT2D eigenvalue weighted by molar-refractivity contribution is -0.538. The summed E-state index contributed by atoms with van der Waals surface area (Å²) in [7, 11) is 1.55. The Bertz CT molecular complexity index is 238. The smallest absolute Gasteiger partial charge is 0.245 e. The van der Waals surface area contributed by atoms with Crippen LogP contribution in [0.1, 0.15) is 6.42 Å². The molecule has 0 amide bonds. The first-order valence-electron chi connectivity index (χ1n) is 4.08. The molecule has 0 spiro atoms. The summed E-state index contributed by atoms with van der Waals surface area (Å²) in [5.74, 6) is 0.380. The van der Waals surface area contributed by atoms with Crippen molar-refractivity contribution in [1.82, 2.24) is 0 Å². The molecule has 0 N–H and O–H groups in total. The van der Waals surface area contributed by atoms with E-state index in [1.54, 1.807) is 7.11 Å². The maximum Gasteiger partial charge on any atom is 0.245 e. The largest absolute Gasteiger partial charge is 0.374 e. The highest BCUT2D eigenvalue weighted by Gasteiger charge is 2.52. The zero-order valence-electron chi connectivity index (χ0n) is 6.84. The van der Waals surface area contributed by atoms with Crippen LogP contribution in [0.2, 0.25) is 0 Å². The number of hydrogen-bond acceptors (Lipinski definition) is 3. The van der Waals surface area contributed by atoms with Crippen LogP contribution in [0.15, 0.2) is 12.2 Å². The highest BCUT2D eigenvalue weighted by atomic mass is 16.6. The quantitative estimate of drug-likeness (QED) is 0.350. The van der Waals surface area contributed by atoms with Crippen molar-refractivity contribution in [3.8, 4) is 0 Å². The van der Waals surface area contributed by atoms with Gasteiger partial charge in [0.05, 0.1) is 0 Å². The molecular formula is C8H11NO3. The average molecular weight is 169 g/mol. The summed E-state index contributed by atoms with van der Waals surface area (Å²) in [5, 5.41) is 10.7. The van der Waals surface area contributed by atoms with Crippen molar-refractivity contribution >= 4 is 0 Å². The van der Waals surface area contributed by atoms with Crippen LogP contribution in [0.4, 0.5) is 0 Å². The maximum absolute atomic E-state index is 10.7. The van der Waals surface area contributed by atoms with E-state index in [2.05, 4.69) is 0 Å². The molecule has 2 rings (SSSR count). The van der Waals surface area contributed by atoms with Crippen LogP contribution in [0.5, 0.6) is 0 Å². The van der Waals surface area contributed by atoms with E-state index in [9.17, 15) is 10.1 Å². The van der Waals surface area contributed by atoms with E-state index in [0.29, 0.717) is 0 Å². The van der Waals surface area contributed by atoms with Crippen molar-refractivity contribution < 1.29 is 9.66 Å². The Morgan fingerprint density at radius 3 is 2.67 bits per heavy atom. The maximum atomic E-state index is 10.7. The predicted molar refractivity (Wildman–Crippen MR) is 42.3 cm³/mol. The number of methoxy groups -OCH3 is 1. The minimum absolute atomic E-state index is 0.106. The highest BCUT2D eigenvalue weighted by molar-refractivity contribution is 5.15. The normalized spacial score (nSPS) is 43.8. The summed E-state index contributed by atoms with van der Waals surface area (Å²) in [6.07, 6.45) is 4.69. The van der Waals surface area contributed by atoms with Crippen LogP contribution < -0.4 is 0 Å². The number of nitrogens with zero attached hydrogens (tertiary/aromatic N) is 1. The van der Waals surface area contributed by atoms with Gasteiger partial charge in [-0.1, -0.05) is 12.2 Å². The van der Waals surface area contributed by atoms with E-state index in [-0.39, 0.29) is 22.9 Å². The van der Waals surface area contributed by atoms with Gasteiger partial charge in [0.15, 0.2) is 0 Å². The summed E-state index contributed by atoms with van der Waals surface area (Å²) in [6, 6.07) is -0.509. The molecule has 1 fully saturated rings. The fourth-order valence-electron chi connectivity index (χ4n) is 2.34. The molecule has 0 aliphatic heterocycles. The SMILES string of the molecule is CO[C@@H]1[C@@H]([N+](=O)[O-])[C@H]2C=C[C@@H]1C2. The van der Waals surface area contributed by atoms with Crippen molar-refractivity contribution in [3.63, 3.8) is 0 Å². The van der Waals surface area contributed by atoms with Gasteiger partial charge in [0, 0.05) is 23.9 Å². The molecule has 1 saturated carbocycles. The van der Waals surface area contributed by atoms with Gasteiger partial charge in [-0.3, -0.25) is 10.1 Å². The van der Waals surface area contributed by atoms with Crippen LogP contribution in [0.3, 0.4) is 0 Å². The summed E-state index contributed by atoms with van der Waals surface area (Å²) in [5.41, 5.74) is 0. The molecule has 12 heavy (non-hydrogen) atoms. The molecule has 2 aliphatic carbocycles. The van der Waals surface area contributed by atoms with Crippen molar-refractivity contribution in [2.24, 2.45) is 11.8 Å². The number of ether oxygens (including phenoxy) is 1. The number of rotatable bonds is 2. The Hall–Kier alpha value is -0.900. The van der Waals surface area contributed by atoms with Crippen LogP contribution in [0, 0.1) is 22.0 Å². The first-order valence-corrected chi connectivity index (χ1v) is 4.08. The Balaban J connectivity index is 2.23. The molecule has 0 aromatic rings. The van der Waals surface area contributed by atoms with Gasteiger partial charge in [-0.25, -0.2) is 0 Å². The summed E-state index contributed by atoms with van der Waals surface area (Å²) in [4.78, 5) is 10.4. The van der Waals surface area contributed by atoms with Crippen molar-refractivity contribution in [1.29, 1.82) is 0 Å². The number of hydrogen-bond donors (Lipinski definition) is 0. The van der Waals surface area contributed by atoms with Gasteiger partial charge in [0.2, 0.25) is 6.04 Å². The zero-order valence-corrected chi connectivity index (χ0v) is 6.84. The van der Waals surface area contributed by atoms with Gasteiger partial charge in [0.25, 0.3) is 0 Å². The van der Waals surface area contributed by atoms with Crippen LogP contribution >= 0.6 is 0 Å². The monoisotopic (exact) mass is 169 g/mol. The Morgan fingerprint density at radius 1 is 1.50 bits per heavy atom. The predicted octanol–water partition coefficient (Wildman–Crippen LogP) is 0.853. The Morgan fingerprint density at radius 2 is 2.17 bits per heavy atom. The molecule has 4 heteroatoms. The Kier molecular flexibility index (Phi) is 1.65. The third-order valence-electron chi connectivity index (χ3n) is 2.86. The molecule has 4 atom stereocenters. The van der Waals surface area contributed by atoms with E-state index >= 15 is 0 Å². The average Bonchev–Trinajstić information content (AvgIpc) is 2.60. The molecule has 0 saturated heterocycles. The molecule has 66 valence electrons.